The van der Waals surface area contributed by atoms with Crippen LogP contribution in [0.5, 0.6) is 0 Å². The second-order valence-electron chi connectivity index (χ2n) is 37.1. The summed E-state index contributed by atoms with van der Waals surface area (Å²) in [7, 11) is 0. The maximum absolute atomic E-state index is 5.34. The number of hydrogen-bond donors (Lipinski definition) is 0. The SMILES string of the molecule is CC(C)(C)C1=CCC=N1.CCc1c(C)nsc1C(C)(C)C.CCc1ccsc1C(C)(C)C.CCc1nc(C)sc1C(C)(C)C.Cc1cc(C(C)(C)C)ns1.Cc1cc(C(C)(C)C)sn1.Cc1nc(C(C)(C)C)c(C)s1.Cc1ncc(C(C)(C)C)o1.Cc1ncc(C(C)(C)C)s1.Cc1ncc(C(C)(C)C)s1. The molecule has 10 rings (SSSR count). The Balaban J connectivity index is 0.000000584. The van der Waals surface area contributed by atoms with Crippen LogP contribution >= 0.6 is 91.3 Å². The van der Waals surface area contributed by atoms with Gasteiger partial charge in [0.05, 0.1) is 54.7 Å². The fourth-order valence-corrected chi connectivity index (χ4v) is 17.0. The second kappa shape index (κ2) is 41.7. The number of oxazole rings is 1. The van der Waals surface area contributed by atoms with Crippen LogP contribution in [-0.2, 0) is 68.0 Å². The molecule has 1 aliphatic heterocycles. The van der Waals surface area contributed by atoms with E-state index in [9.17, 15) is 0 Å². The Morgan fingerprint density at radius 3 is 1.15 bits per heavy atom. The van der Waals surface area contributed by atoms with Crippen molar-refractivity contribution in [2.24, 2.45) is 10.4 Å². The number of hydrogen-bond acceptors (Lipinski definition) is 18. The molecule has 10 nitrogen and oxygen atoms in total. The molecule has 9 aromatic heterocycles. The first-order chi connectivity index (χ1) is 47.5. The van der Waals surface area contributed by atoms with Crippen LogP contribution in [0.15, 0.2) is 63.4 Å². The van der Waals surface area contributed by atoms with Crippen molar-refractivity contribution in [1.29, 1.82) is 0 Å². The van der Waals surface area contributed by atoms with Gasteiger partial charge in [-0.05, 0) is 176 Å². The van der Waals surface area contributed by atoms with Crippen LogP contribution in [0.25, 0.3) is 0 Å². The monoisotopic (exact) mass is 1590 g/mol. The van der Waals surface area contributed by atoms with E-state index < -0.39 is 0 Å². The molecule has 0 saturated heterocycles. The maximum Gasteiger partial charge on any atom is 0.191 e. The first kappa shape index (κ1) is 98.7. The van der Waals surface area contributed by atoms with Crippen molar-refractivity contribution in [2.75, 3.05) is 0 Å². The highest BCUT2D eigenvalue weighted by atomic mass is 32.1. The Bertz CT molecular complexity index is 3690. The molecule has 0 aromatic carbocycles. The summed E-state index contributed by atoms with van der Waals surface area (Å²) in [6.45, 7) is 91.3. The minimum atomic E-state index is 0.0846. The minimum Gasteiger partial charge on any atom is -0.445 e. The first-order valence-corrected chi connectivity index (χ1v) is 43.8. The van der Waals surface area contributed by atoms with Crippen molar-refractivity contribution in [2.45, 2.75) is 365 Å². The highest BCUT2D eigenvalue weighted by Crippen LogP contribution is 2.36. The van der Waals surface area contributed by atoms with Crippen LogP contribution in [0.2, 0.25) is 0 Å². The molecule has 0 N–H and O–H groups in total. The smallest absolute Gasteiger partial charge is 0.191 e. The molecule has 0 saturated carbocycles. The summed E-state index contributed by atoms with van der Waals surface area (Å²) in [5.41, 5.74) is 12.7. The first-order valence-electron chi connectivity index (χ1n) is 37.3. The average Bonchev–Trinajstić information content (AvgIpc) is 1.70. The predicted molar refractivity (Wildman–Crippen MR) is 475 cm³/mol. The quantitative estimate of drug-likeness (QED) is 0.170. The van der Waals surface area contributed by atoms with Gasteiger partial charge in [-0.25, -0.2) is 24.9 Å². The van der Waals surface area contributed by atoms with Crippen molar-refractivity contribution >= 4 is 97.5 Å². The molecule has 0 radical (unpaired) electrons. The third-order valence-electron chi connectivity index (χ3n) is 15.5. The third-order valence-corrected chi connectivity index (χ3v) is 25.3. The number of allylic oxidation sites excluding steroid dienone is 2. The van der Waals surface area contributed by atoms with Crippen molar-refractivity contribution in [3.63, 3.8) is 0 Å². The largest absolute Gasteiger partial charge is 0.445 e. The van der Waals surface area contributed by atoms with Crippen LogP contribution in [-0.4, -0.2) is 44.3 Å². The molecule has 18 heteroatoms. The molecule has 0 fully saturated rings. The molecular formula is C87H143N9OS8. The van der Waals surface area contributed by atoms with Crippen LogP contribution in [0.1, 0.15) is 345 Å². The fourth-order valence-electron chi connectivity index (χ4n) is 9.62. The van der Waals surface area contributed by atoms with Gasteiger partial charge in [-0.15, -0.1) is 56.7 Å². The second-order valence-corrected chi connectivity index (χ2v) is 45.7. The van der Waals surface area contributed by atoms with Crippen LogP contribution < -0.4 is 0 Å². The van der Waals surface area contributed by atoms with Crippen molar-refractivity contribution in [3.8, 4) is 0 Å². The molecule has 105 heavy (non-hydrogen) atoms. The van der Waals surface area contributed by atoms with E-state index in [1.54, 1.807) is 79.7 Å². The van der Waals surface area contributed by atoms with Gasteiger partial charge in [-0.3, -0.25) is 4.99 Å². The highest BCUT2D eigenvalue weighted by molar-refractivity contribution is 7.12. The number of thiophene rings is 1. The molecule has 0 aliphatic carbocycles. The van der Waals surface area contributed by atoms with Gasteiger partial charge < -0.3 is 4.42 Å². The van der Waals surface area contributed by atoms with Crippen LogP contribution in [0.3, 0.4) is 0 Å². The molecule has 590 valence electrons. The Labute approximate surface area is 674 Å². The summed E-state index contributed by atoms with van der Waals surface area (Å²) in [5.74, 6) is 1.69. The zero-order valence-electron chi connectivity index (χ0n) is 73.7. The van der Waals surface area contributed by atoms with Gasteiger partial charge >= 0.3 is 0 Å². The number of rotatable bonds is 3. The van der Waals surface area contributed by atoms with Gasteiger partial charge in [0.25, 0.3) is 0 Å². The topological polar surface area (TPSA) is 129 Å². The summed E-state index contributed by atoms with van der Waals surface area (Å²) in [5, 5.41) is 6.87. The molecule has 10 heterocycles. The van der Waals surface area contributed by atoms with E-state index in [2.05, 4.69) is 336 Å². The van der Waals surface area contributed by atoms with Gasteiger partial charge in [-0.2, -0.15) is 13.1 Å². The zero-order chi connectivity index (χ0) is 81.6. The van der Waals surface area contributed by atoms with E-state index in [1.807, 2.05) is 69.0 Å². The standard InChI is InChI=1S/2C10H17NS.C10H16S.C9H15NS.C8H13NO.4C8H13NS.C8H13N/c1-6-8-9(10(3,4)5)12-7(2)11-8;1-6-8-7(2)11-12-9(8)10(3,4)5;1-5-8-6-7-11-9(8)10(2,3)4;1-6-8(9(3,4)5)10-7(2)11-6;3*1-6-9-5-7(10-6)8(2,3)4;1-6-5-7(9-10-6)8(2,3)4;1-6-5-7(10-9-6)8(2,3)4;1-8(2,3)7-5-4-6-9-7/h2*6H2,1-5H3;6-7H,5H2,1-4H3;1-5H3;5*5H,1-4H3;5-6H,4H2,1-3H3. The third kappa shape index (κ3) is 36.9. The molecule has 0 spiro atoms. The summed E-state index contributed by atoms with van der Waals surface area (Å²) in [4.78, 5) is 36.9. The molecule has 9 aromatic rings. The molecular weight excluding hydrogens is 1440 g/mol. The Morgan fingerprint density at radius 2 is 0.924 bits per heavy atom. The Morgan fingerprint density at radius 1 is 0.419 bits per heavy atom. The summed E-state index contributed by atoms with van der Waals surface area (Å²) in [6.07, 6.45) is 14.2. The predicted octanol–water partition coefficient (Wildman–Crippen LogP) is 29.0. The van der Waals surface area contributed by atoms with Crippen LogP contribution in [0.4, 0.5) is 0 Å². The lowest BCUT2D eigenvalue weighted by molar-refractivity contribution is 0.392. The minimum absolute atomic E-state index is 0.0846. The van der Waals surface area contributed by atoms with Crippen molar-refractivity contribution in [1.82, 2.24) is 38.0 Å². The molecule has 1 aliphatic rings. The van der Waals surface area contributed by atoms with E-state index in [4.69, 9.17) is 4.42 Å². The molecule has 0 atom stereocenters. The van der Waals surface area contributed by atoms with Gasteiger partial charge in [0, 0.05) is 98.3 Å². The lowest BCUT2D eigenvalue weighted by Gasteiger charge is -2.18. The van der Waals surface area contributed by atoms with E-state index in [0.29, 0.717) is 5.41 Å². The van der Waals surface area contributed by atoms with E-state index in [-0.39, 0.29) is 48.7 Å². The normalized spacial score (nSPS) is 12.6. The molecule has 0 amide bonds. The fraction of sp³-hybridized carbons (Fsp3) is 0.644. The number of aliphatic imine (C=N–C) groups is 1. The Hall–Kier alpha value is -4.27. The lowest BCUT2D eigenvalue weighted by atomic mass is 9.90. The van der Waals surface area contributed by atoms with Crippen LogP contribution in [0, 0.1) is 67.7 Å². The Kier molecular flexibility index (Phi) is 39.2. The summed E-state index contributed by atoms with van der Waals surface area (Å²) in [6, 6.07) is 6.56. The maximum atomic E-state index is 5.34. The number of nitrogens with zero attached hydrogens (tertiary/aromatic N) is 9. The summed E-state index contributed by atoms with van der Waals surface area (Å²) < 4.78 is 18.3. The number of thiazole rings is 4. The van der Waals surface area contributed by atoms with E-state index in [0.717, 1.165) is 53.0 Å². The molecule has 0 bridgehead atoms. The van der Waals surface area contributed by atoms with Gasteiger partial charge in [0.15, 0.2) is 5.89 Å². The van der Waals surface area contributed by atoms with Gasteiger partial charge in [0.2, 0.25) is 0 Å². The highest BCUT2D eigenvalue weighted by Gasteiger charge is 2.26. The lowest BCUT2D eigenvalue weighted by Crippen LogP contribution is -2.12. The van der Waals surface area contributed by atoms with E-state index >= 15 is 0 Å². The van der Waals surface area contributed by atoms with Crippen molar-refractivity contribution < 1.29 is 4.42 Å². The summed E-state index contributed by atoms with van der Waals surface area (Å²) >= 11 is 13.9. The number of aromatic nitrogens is 8. The van der Waals surface area contributed by atoms with E-state index in [1.165, 1.54) is 83.8 Å². The van der Waals surface area contributed by atoms with Crippen molar-refractivity contribution in [3.05, 3.63) is 164 Å². The molecule has 0 unspecified atom stereocenters. The average molecular weight is 1590 g/mol. The van der Waals surface area contributed by atoms with Gasteiger partial charge in [0.1, 0.15) is 5.76 Å². The van der Waals surface area contributed by atoms with Gasteiger partial charge in [-0.1, -0.05) is 235 Å². The zero-order valence-corrected chi connectivity index (χ0v) is 80.3. The number of aryl methyl sites for hydroxylation is 11.